The predicted molar refractivity (Wildman–Crippen MR) is 185 cm³/mol. The summed E-state index contributed by atoms with van der Waals surface area (Å²) in [6, 6.07) is 54.2. The first-order valence-corrected chi connectivity index (χ1v) is 15.2. The molecule has 8 aromatic rings. The third-order valence-corrected chi connectivity index (χ3v) is 9.81. The Morgan fingerprint density at radius 1 is 0.349 bits per heavy atom. The molecule has 0 saturated heterocycles. The molecule has 0 heterocycles. The second-order valence-electron chi connectivity index (χ2n) is 12.5. The summed E-state index contributed by atoms with van der Waals surface area (Å²) >= 11 is 0. The standard InChI is InChI=1S/C43H30/c1-43(2)39-24-30-17-7-6-16-29(30)23-35(39)36-25-37-38(26-40(36)43)41(28-14-4-3-5-15-28)33-20-10-11-21-34(33)42(37)32-22-12-18-27-13-8-9-19-31(27)32/h3-26H,1-2H3. The van der Waals surface area contributed by atoms with Crippen LogP contribution in [0.25, 0.3) is 76.5 Å². The Morgan fingerprint density at radius 2 is 0.884 bits per heavy atom. The van der Waals surface area contributed by atoms with Crippen LogP contribution in [0, 0.1) is 0 Å². The predicted octanol–water partition coefficient (Wildman–Crippen LogP) is 11.9. The van der Waals surface area contributed by atoms with Gasteiger partial charge in [0, 0.05) is 5.41 Å². The van der Waals surface area contributed by atoms with E-state index in [2.05, 4.69) is 159 Å². The first-order valence-electron chi connectivity index (χ1n) is 15.2. The molecule has 0 saturated carbocycles. The summed E-state index contributed by atoms with van der Waals surface area (Å²) in [5, 5.41) is 10.4. The highest BCUT2D eigenvalue weighted by Crippen LogP contribution is 2.54. The molecule has 0 heteroatoms. The summed E-state index contributed by atoms with van der Waals surface area (Å²) in [5.41, 5.74) is 10.6. The molecule has 9 rings (SSSR count). The molecular weight excluding hydrogens is 516 g/mol. The lowest BCUT2D eigenvalue weighted by molar-refractivity contribution is 0.662. The highest BCUT2D eigenvalue weighted by molar-refractivity contribution is 6.24. The first kappa shape index (κ1) is 24.4. The quantitative estimate of drug-likeness (QED) is 0.189. The Morgan fingerprint density at radius 3 is 1.65 bits per heavy atom. The van der Waals surface area contributed by atoms with Gasteiger partial charge in [-0.15, -0.1) is 0 Å². The van der Waals surface area contributed by atoms with Gasteiger partial charge >= 0.3 is 0 Å². The maximum atomic E-state index is 2.53. The van der Waals surface area contributed by atoms with Crippen molar-refractivity contribution >= 4 is 43.1 Å². The van der Waals surface area contributed by atoms with Crippen LogP contribution in [0.15, 0.2) is 146 Å². The number of fused-ring (bicyclic) bond motifs is 7. The summed E-state index contributed by atoms with van der Waals surface area (Å²) in [5.74, 6) is 0. The number of benzene rings is 8. The van der Waals surface area contributed by atoms with Gasteiger partial charge in [-0.1, -0.05) is 135 Å². The van der Waals surface area contributed by atoms with Gasteiger partial charge < -0.3 is 0 Å². The van der Waals surface area contributed by atoms with E-state index in [9.17, 15) is 0 Å². The van der Waals surface area contributed by atoms with Crippen LogP contribution >= 0.6 is 0 Å². The Hall–Kier alpha value is -5.20. The summed E-state index contributed by atoms with van der Waals surface area (Å²) < 4.78 is 0. The zero-order chi connectivity index (χ0) is 28.7. The molecule has 0 nitrogen and oxygen atoms in total. The van der Waals surface area contributed by atoms with Gasteiger partial charge in [0.25, 0.3) is 0 Å². The minimum absolute atomic E-state index is 0.109. The number of rotatable bonds is 2. The average Bonchev–Trinajstić information content (AvgIpc) is 3.26. The molecular formula is C43H30. The molecule has 0 spiro atoms. The Balaban J connectivity index is 1.50. The molecule has 0 aliphatic heterocycles. The van der Waals surface area contributed by atoms with E-state index in [4.69, 9.17) is 0 Å². The van der Waals surface area contributed by atoms with Crippen molar-refractivity contribution < 1.29 is 0 Å². The summed E-state index contributed by atoms with van der Waals surface area (Å²) in [7, 11) is 0. The minimum Gasteiger partial charge on any atom is -0.0622 e. The van der Waals surface area contributed by atoms with Gasteiger partial charge in [-0.2, -0.15) is 0 Å². The molecule has 0 unspecified atom stereocenters. The molecule has 0 bridgehead atoms. The van der Waals surface area contributed by atoms with Crippen LogP contribution in [0.5, 0.6) is 0 Å². The van der Waals surface area contributed by atoms with Crippen molar-refractivity contribution in [3.05, 3.63) is 157 Å². The van der Waals surface area contributed by atoms with Crippen molar-refractivity contribution in [3.8, 4) is 33.4 Å². The fraction of sp³-hybridized carbons (Fsp3) is 0.0698. The van der Waals surface area contributed by atoms with Gasteiger partial charge in [-0.05, 0) is 112 Å². The summed E-state index contributed by atoms with van der Waals surface area (Å²) in [6.07, 6.45) is 0. The SMILES string of the molecule is CC1(C)c2cc3ccccc3cc2-c2cc3c(-c4cccc5ccccc45)c4ccccc4c(-c4ccccc4)c3cc21. The fourth-order valence-corrected chi connectivity index (χ4v) is 7.74. The molecule has 0 fully saturated rings. The smallest absolute Gasteiger partial charge is 0.0159 e. The van der Waals surface area contributed by atoms with Crippen LogP contribution in [-0.4, -0.2) is 0 Å². The van der Waals surface area contributed by atoms with E-state index in [0.29, 0.717) is 0 Å². The molecule has 1 aliphatic carbocycles. The van der Waals surface area contributed by atoms with E-state index in [-0.39, 0.29) is 5.41 Å². The van der Waals surface area contributed by atoms with Gasteiger partial charge in [-0.3, -0.25) is 0 Å². The topological polar surface area (TPSA) is 0 Å². The lowest BCUT2D eigenvalue weighted by Crippen LogP contribution is -2.15. The van der Waals surface area contributed by atoms with E-state index in [1.54, 1.807) is 0 Å². The molecule has 202 valence electrons. The van der Waals surface area contributed by atoms with Crippen molar-refractivity contribution in [2.45, 2.75) is 19.3 Å². The largest absolute Gasteiger partial charge is 0.0622 e. The molecule has 0 aromatic heterocycles. The van der Waals surface area contributed by atoms with Gasteiger partial charge in [0.2, 0.25) is 0 Å². The molecule has 0 atom stereocenters. The van der Waals surface area contributed by atoms with Crippen molar-refractivity contribution in [3.63, 3.8) is 0 Å². The van der Waals surface area contributed by atoms with Gasteiger partial charge in [0.15, 0.2) is 0 Å². The first-order chi connectivity index (χ1) is 21.1. The Labute approximate surface area is 251 Å². The zero-order valence-corrected chi connectivity index (χ0v) is 24.4. The second kappa shape index (κ2) is 8.90. The van der Waals surface area contributed by atoms with E-state index in [1.807, 2.05) is 0 Å². The fourth-order valence-electron chi connectivity index (χ4n) is 7.74. The van der Waals surface area contributed by atoms with Crippen LogP contribution in [0.3, 0.4) is 0 Å². The van der Waals surface area contributed by atoms with Crippen LogP contribution in [0.4, 0.5) is 0 Å². The summed E-state index contributed by atoms with van der Waals surface area (Å²) in [6.45, 7) is 4.79. The highest BCUT2D eigenvalue weighted by atomic mass is 14.4. The number of hydrogen-bond donors (Lipinski definition) is 0. The Bertz CT molecular complexity index is 2400. The molecule has 8 aromatic carbocycles. The van der Waals surface area contributed by atoms with E-state index < -0.39 is 0 Å². The molecule has 43 heavy (non-hydrogen) atoms. The molecule has 0 amide bonds. The van der Waals surface area contributed by atoms with Crippen molar-refractivity contribution in [2.75, 3.05) is 0 Å². The maximum absolute atomic E-state index is 2.53. The monoisotopic (exact) mass is 546 g/mol. The van der Waals surface area contributed by atoms with Crippen LogP contribution in [-0.2, 0) is 5.41 Å². The van der Waals surface area contributed by atoms with Crippen molar-refractivity contribution in [1.29, 1.82) is 0 Å². The van der Waals surface area contributed by atoms with E-state index in [0.717, 1.165) is 0 Å². The third-order valence-electron chi connectivity index (χ3n) is 9.81. The lowest BCUT2D eigenvalue weighted by Gasteiger charge is -2.24. The van der Waals surface area contributed by atoms with Crippen molar-refractivity contribution in [2.24, 2.45) is 0 Å². The van der Waals surface area contributed by atoms with Gasteiger partial charge in [0.1, 0.15) is 0 Å². The Kier molecular flexibility index (Phi) is 5.05. The minimum atomic E-state index is -0.109. The van der Waals surface area contributed by atoms with Crippen molar-refractivity contribution in [1.82, 2.24) is 0 Å². The van der Waals surface area contributed by atoms with Gasteiger partial charge in [-0.25, -0.2) is 0 Å². The van der Waals surface area contributed by atoms with Crippen LogP contribution in [0.1, 0.15) is 25.0 Å². The second-order valence-corrected chi connectivity index (χ2v) is 12.5. The highest BCUT2D eigenvalue weighted by Gasteiger charge is 2.36. The lowest BCUT2D eigenvalue weighted by atomic mass is 9.79. The molecule has 0 radical (unpaired) electrons. The third kappa shape index (κ3) is 3.44. The van der Waals surface area contributed by atoms with Crippen LogP contribution in [0.2, 0.25) is 0 Å². The van der Waals surface area contributed by atoms with E-state index in [1.165, 1.54) is 87.6 Å². The van der Waals surface area contributed by atoms with E-state index >= 15 is 0 Å². The van der Waals surface area contributed by atoms with Gasteiger partial charge in [0.05, 0.1) is 0 Å². The maximum Gasteiger partial charge on any atom is 0.0159 e. The normalized spacial score (nSPS) is 13.5. The zero-order valence-electron chi connectivity index (χ0n) is 24.4. The number of hydrogen-bond acceptors (Lipinski definition) is 0. The molecule has 0 N–H and O–H groups in total. The van der Waals surface area contributed by atoms with Crippen LogP contribution < -0.4 is 0 Å². The summed E-state index contributed by atoms with van der Waals surface area (Å²) in [4.78, 5) is 0. The average molecular weight is 547 g/mol. The molecule has 1 aliphatic rings.